The number of ether oxygens (including phenoxy) is 1. The van der Waals surface area contributed by atoms with Gasteiger partial charge in [0.15, 0.2) is 0 Å². The van der Waals surface area contributed by atoms with E-state index < -0.39 is 0 Å². The van der Waals surface area contributed by atoms with Gasteiger partial charge >= 0.3 is 0 Å². The molecule has 4 aromatic rings. The standard InChI is InChI=1S/C24H25N5O2/c1-15-7-17(9-19-12-28(2)27-22(15)19)16-3-4-21-18(8-16)11-26-29(23(21)30)20-5-6-25-24(10-20)13-31-14-24/h3-4,7-9,11-12,20,25H,5-6,10,13-14H2,1-2H3. The van der Waals surface area contributed by atoms with Crippen LogP contribution in [0.2, 0.25) is 0 Å². The van der Waals surface area contributed by atoms with Crippen LogP contribution in [0.4, 0.5) is 0 Å². The van der Waals surface area contributed by atoms with Crippen molar-refractivity contribution in [2.45, 2.75) is 31.3 Å². The first-order chi connectivity index (χ1) is 15.0. The van der Waals surface area contributed by atoms with Crippen LogP contribution in [0.15, 0.2) is 47.5 Å². The first-order valence-corrected chi connectivity index (χ1v) is 10.8. The summed E-state index contributed by atoms with van der Waals surface area (Å²) in [6.07, 6.45) is 5.66. The quantitative estimate of drug-likeness (QED) is 0.545. The van der Waals surface area contributed by atoms with Crippen molar-refractivity contribution in [1.82, 2.24) is 24.9 Å². The van der Waals surface area contributed by atoms with Gasteiger partial charge in [-0.15, -0.1) is 0 Å². The van der Waals surface area contributed by atoms with Crippen LogP contribution in [-0.4, -0.2) is 44.9 Å². The van der Waals surface area contributed by atoms with Crippen molar-refractivity contribution in [2.24, 2.45) is 7.05 Å². The van der Waals surface area contributed by atoms with Crippen LogP contribution in [0.5, 0.6) is 0 Å². The highest BCUT2D eigenvalue weighted by Gasteiger charge is 2.43. The molecule has 7 nitrogen and oxygen atoms in total. The van der Waals surface area contributed by atoms with Gasteiger partial charge in [0.2, 0.25) is 0 Å². The van der Waals surface area contributed by atoms with Crippen LogP contribution in [-0.2, 0) is 11.8 Å². The second-order valence-corrected chi connectivity index (χ2v) is 9.08. The second-order valence-electron chi connectivity index (χ2n) is 9.08. The lowest BCUT2D eigenvalue weighted by Crippen LogP contribution is -2.64. The van der Waals surface area contributed by atoms with E-state index in [1.54, 1.807) is 4.68 Å². The van der Waals surface area contributed by atoms with E-state index >= 15 is 0 Å². The van der Waals surface area contributed by atoms with E-state index in [1.807, 2.05) is 36.3 Å². The summed E-state index contributed by atoms with van der Waals surface area (Å²) in [5, 5.41) is 15.4. The molecule has 6 rings (SSSR count). The molecule has 1 unspecified atom stereocenters. The van der Waals surface area contributed by atoms with Gasteiger partial charge < -0.3 is 10.1 Å². The van der Waals surface area contributed by atoms with E-state index in [-0.39, 0.29) is 17.1 Å². The molecule has 0 radical (unpaired) electrons. The Labute approximate surface area is 179 Å². The molecule has 158 valence electrons. The topological polar surface area (TPSA) is 74.0 Å². The average Bonchev–Trinajstić information content (AvgIpc) is 3.13. The number of aryl methyl sites for hydroxylation is 2. The molecule has 1 N–H and O–H groups in total. The zero-order valence-electron chi connectivity index (χ0n) is 17.8. The highest BCUT2D eigenvalue weighted by molar-refractivity contribution is 5.90. The fraction of sp³-hybridized carbons (Fsp3) is 0.375. The average molecular weight is 415 g/mol. The van der Waals surface area contributed by atoms with Gasteiger partial charge in [0.25, 0.3) is 5.56 Å². The Hall–Kier alpha value is -3.03. The molecule has 2 fully saturated rings. The Morgan fingerprint density at radius 1 is 1.16 bits per heavy atom. The number of nitrogens with zero attached hydrogens (tertiary/aromatic N) is 4. The Morgan fingerprint density at radius 3 is 2.81 bits per heavy atom. The maximum absolute atomic E-state index is 13.3. The molecule has 0 saturated carbocycles. The highest BCUT2D eigenvalue weighted by atomic mass is 16.5. The van der Waals surface area contributed by atoms with Gasteiger partial charge in [0, 0.05) is 24.0 Å². The zero-order chi connectivity index (χ0) is 21.2. The third-order valence-corrected chi connectivity index (χ3v) is 6.76. The molecule has 0 aliphatic carbocycles. The summed E-state index contributed by atoms with van der Waals surface area (Å²) in [5.41, 5.74) is 4.37. The van der Waals surface area contributed by atoms with Crippen LogP contribution in [0.25, 0.3) is 32.8 Å². The smallest absolute Gasteiger partial charge is 0.274 e. The maximum atomic E-state index is 13.3. The van der Waals surface area contributed by atoms with Crippen LogP contribution < -0.4 is 10.9 Å². The summed E-state index contributed by atoms with van der Waals surface area (Å²) in [6, 6.07) is 10.5. The van der Waals surface area contributed by atoms with Crippen molar-refractivity contribution in [3.05, 3.63) is 58.6 Å². The fourth-order valence-electron chi connectivity index (χ4n) is 5.11. The van der Waals surface area contributed by atoms with Crippen LogP contribution >= 0.6 is 0 Å². The van der Waals surface area contributed by atoms with Gasteiger partial charge in [0.05, 0.1) is 41.9 Å². The number of hydrogen-bond donors (Lipinski definition) is 1. The largest absolute Gasteiger partial charge is 0.377 e. The Kier molecular flexibility index (Phi) is 4.07. The normalized spacial score (nSPS) is 20.4. The first-order valence-electron chi connectivity index (χ1n) is 10.8. The van der Waals surface area contributed by atoms with Gasteiger partial charge in [-0.1, -0.05) is 6.07 Å². The molecule has 1 spiro atoms. The van der Waals surface area contributed by atoms with Crippen molar-refractivity contribution < 1.29 is 4.74 Å². The fourth-order valence-corrected chi connectivity index (χ4v) is 5.11. The second kappa shape index (κ2) is 6.73. The summed E-state index contributed by atoms with van der Waals surface area (Å²) < 4.78 is 8.95. The SMILES string of the molecule is Cc1cc(-c2ccc3c(=O)n(C4CCNC5(COC5)C4)ncc3c2)cc2cn(C)nc12. The number of nitrogens with one attached hydrogen (secondary N) is 1. The van der Waals surface area contributed by atoms with Gasteiger partial charge in [-0.25, -0.2) is 4.68 Å². The molecule has 2 aromatic carbocycles. The number of hydrogen-bond acceptors (Lipinski definition) is 5. The summed E-state index contributed by atoms with van der Waals surface area (Å²) >= 11 is 0. The van der Waals surface area contributed by atoms with Crippen molar-refractivity contribution in [1.29, 1.82) is 0 Å². The first kappa shape index (κ1) is 18.7. The molecule has 2 aromatic heterocycles. The predicted molar refractivity (Wildman–Crippen MR) is 120 cm³/mol. The molecule has 31 heavy (non-hydrogen) atoms. The minimum absolute atomic E-state index is 0.00904. The molecule has 2 aliphatic heterocycles. The summed E-state index contributed by atoms with van der Waals surface area (Å²) in [5.74, 6) is 0. The van der Waals surface area contributed by atoms with E-state index in [0.717, 1.165) is 71.0 Å². The number of rotatable bonds is 2. The van der Waals surface area contributed by atoms with Crippen LogP contribution in [0, 0.1) is 6.92 Å². The monoisotopic (exact) mass is 415 g/mol. The van der Waals surface area contributed by atoms with Gasteiger partial charge in [0.1, 0.15) is 0 Å². The van der Waals surface area contributed by atoms with Gasteiger partial charge in [-0.2, -0.15) is 10.2 Å². The molecular formula is C24H25N5O2. The summed E-state index contributed by atoms with van der Waals surface area (Å²) in [4.78, 5) is 13.3. The molecule has 1 atom stereocenters. The molecule has 4 heterocycles. The van der Waals surface area contributed by atoms with Crippen LogP contribution in [0.1, 0.15) is 24.4 Å². The van der Waals surface area contributed by atoms with E-state index in [2.05, 4.69) is 40.6 Å². The van der Waals surface area contributed by atoms with Gasteiger partial charge in [-0.05, 0) is 67.3 Å². The predicted octanol–water partition coefficient (Wildman–Crippen LogP) is 2.95. The summed E-state index contributed by atoms with van der Waals surface area (Å²) in [6.45, 7) is 4.40. The number of aromatic nitrogens is 4. The summed E-state index contributed by atoms with van der Waals surface area (Å²) in [7, 11) is 1.94. The number of fused-ring (bicyclic) bond motifs is 2. The lowest BCUT2D eigenvalue weighted by Gasteiger charge is -2.47. The van der Waals surface area contributed by atoms with Gasteiger partial charge in [-0.3, -0.25) is 9.48 Å². The molecular weight excluding hydrogens is 390 g/mol. The van der Waals surface area contributed by atoms with E-state index in [9.17, 15) is 4.79 Å². The van der Waals surface area contributed by atoms with E-state index in [1.165, 1.54) is 0 Å². The highest BCUT2D eigenvalue weighted by Crippen LogP contribution is 2.33. The molecule has 2 saturated heterocycles. The van der Waals surface area contributed by atoms with Crippen molar-refractivity contribution in [2.75, 3.05) is 19.8 Å². The third-order valence-electron chi connectivity index (χ3n) is 6.76. The lowest BCUT2D eigenvalue weighted by molar-refractivity contribution is -0.0947. The third kappa shape index (κ3) is 2.99. The molecule has 0 bridgehead atoms. The maximum Gasteiger partial charge on any atom is 0.274 e. The Morgan fingerprint density at radius 2 is 2.00 bits per heavy atom. The van der Waals surface area contributed by atoms with Crippen molar-refractivity contribution in [3.63, 3.8) is 0 Å². The molecule has 0 amide bonds. The van der Waals surface area contributed by atoms with E-state index in [4.69, 9.17) is 4.74 Å². The number of benzene rings is 2. The van der Waals surface area contributed by atoms with Crippen LogP contribution in [0.3, 0.4) is 0 Å². The zero-order valence-corrected chi connectivity index (χ0v) is 17.8. The van der Waals surface area contributed by atoms with Crippen molar-refractivity contribution in [3.8, 4) is 11.1 Å². The Bertz CT molecular complexity index is 1380. The Balaban J connectivity index is 1.39. The molecule has 2 aliphatic rings. The molecule has 7 heteroatoms. The lowest BCUT2D eigenvalue weighted by atomic mass is 9.84. The number of piperidine rings is 1. The minimum atomic E-state index is -0.00904. The van der Waals surface area contributed by atoms with E-state index in [0.29, 0.717) is 0 Å². The minimum Gasteiger partial charge on any atom is -0.377 e. The van der Waals surface area contributed by atoms with Crippen molar-refractivity contribution >= 4 is 21.7 Å².